The van der Waals surface area contributed by atoms with Gasteiger partial charge in [-0.1, -0.05) is 40.0 Å². The molecule has 0 saturated heterocycles. The number of aliphatic hydroxyl groups excluding tert-OH is 1. The van der Waals surface area contributed by atoms with Gasteiger partial charge in [0, 0.05) is 23.8 Å². The molecule has 1 atom stereocenters. The highest BCUT2D eigenvalue weighted by molar-refractivity contribution is 6.55. The van der Waals surface area contributed by atoms with Gasteiger partial charge in [0.2, 0.25) is 0 Å². The highest BCUT2D eigenvalue weighted by Crippen LogP contribution is 2.34. The van der Waals surface area contributed by atoms with Crippen molar-refractivity contribution in [1.29, 1.82) is 5.41 Å². The fourth-order valence-electron chi connectivity index (χ4n) is 3.00. The van der Waals surface area contributed by atoms with E-state index in [-0.39, 0.29) is 23.2 Å². The molecule has 2 aromatic rings. The van der Waals surface area contributed by atoms with E-state index in [4.69, 9.17) is 54.4 Å². The standard InChI is InChI=1S/C24H27Cl3N2O5/c1-31-24-20(13-19(14-21(24)25)34-11-9-23(26)27)22(28)12-17(30)4-3-10-33-18-7-5-16(6-8-18)15-29-32-2/h5-9,13-15,17,28,30H,3-4,10-12H2,1-2H3/b28-22?,29-15+. The molecular weight excluding hydrogens is 503 g/mol. The van der Waals surface area contributed by atoms with Crippen LogP contribution in [-0.4, -0.2) is 50.6 Å². The van der Waals surface area contributed by atoms with Crippen LogP contribution in [0, 0.1) is 5.41 Å². The Kier molecular flexibility index (Phi) is 12.0. The van der Waals surface area contributed by atoms with E-state index in [1.807, 2.05) is 24.3 Å². The third-order valence-corrected chi connectivity index (χ3v) is 5.20. The Hall–Kier alpha value is -2.45. The van der Waals surface area contributed by atoms with E-state index in [1.54, 1.807) is 18.3 Å². The topological polar surface area (TPSA) is 93.4 Å². The van der Waals surface area contributed by atoms with Crippen LogP contribution >= 0.6 is 34.8 Å². The zero-order chi connectivity index (χ0) is 24.9. The SMILES string of the molecule is CO/N=C/c1ccc(OCCCC(O)CC(=N)c2cc(OCC=C(Cl)Cl)cc(Cl)c2OC)cc1. The molecule has 0 aromatic heterocycles. The van der Waals surface area contributed by atoms with Crippen LogP contribution < -0.4 is 14.2 Å². The van der Waals surface area contributed by atoms with Crippen LogP contribution in [0.5, 0.6) is 17.2 Å². The molecule has 0 fully saturated rings. The Bertz CT molecular complexity index is 993. The molecule has 0 aliphatic carbocycles. The molecule has 0 spiro atoms. The summed E-state index contributed by atoms with van der Waals surface area (Å²) in [6.45, 7) is 0.578. The number of nitrogens with zero attached hydrogens (tertiary/aromatic N) is 1. The molecule has 0 amide bonds. The molecule has 0 saturated carbocycles. The van der Waals surface area contributed by atoms with Crippen molar-refractivity contribution in [2.75, 3.05) is 27.4 Å². The number of hydrogen-bond donors (Lipinski definition) is 2. The lowest BCUT2D eigenvalue weighted by molar-refractivity contribution is 0.159. The van der Waals surface area contributed by atoms with E-state index < -0.39 is 6.10 Å². The molecule has 0 heterocycles. The Morgan fingerprint density at radius 1 is 1.12 bits per heavy atom. The zero-order valence-electron chi connectivity index (χ0n) is 18.9. The first-order chi connectivity index (χ1) is 16.3. The minimum absolute atomic E-state index is 0.0909. The zero-order valence-corrected chi connectivity index (χ0v) is 21.2. The molecule has 0 bridgehead atoms. The minimum Gasteiger partial charge on any atom is -0.494 e. The normalized spacial score (nSPS) is 11.7. The second-order valence-corrected chi connectivity index (χ2v) is 8.52. The first-order valence-electron chi connectivity index (χ1n) is 10.4. The number of halogens is 3. The fraction of sp³-hybridized carbons (Fsp3) is 0.333. The Balaban J connectivity index is 1.87. The number of ether oxygens (including phenoxy) is 3. The summed E-state index contributed by atoms with van der Waals surface area (Å²) in [7, 11) is 2.96. The van der Waals surface area contributed by atoms with Crippen LogP contribution in [0.15, 0.2) is 52.1 Å². The van der Waals surface area contributed by atoms with E-state index in [0.717, 1.165) is 11.3 Å². The predicted molar refractivity (Wildman–Crippen MR) is 137 cm³/mol. The van der Waals surface area contributed by atoms with Crippen molar-refractivity contribution in [2.24, 2.45) is 5.16 Å². The second kappa shape index (κ2) is 14.7. The third-order valence-electron chi connectivity index (χ3n) is 4.61. The molecule has 0 aliphatic heterocycles. The Labute approximate surface area is 214 Å². The van der Waals surface area contributed by atoms with Gasteiger partial charge in [-0.15, -0.1) is 0 Å². The lowest BCUT2D eigenvalue weighted by Crippen LogP contribution is -2.16. The largest absolute Gasteiger partial charge is 0.494 e. The highest BCUT2D eigenvalue weighted by Gasteiger charge is 2.18. The van der Waals surface area contributed by atoms with Crippen LogP contribution in [-0.2, 0) is 4.84 Å². The van der Waals surface area contributed by atoms with Gasteiger partial charge in [0.25, 0.3) is 0 Å². The average Bonchev–Trinajstić information content (AvgIpc) is 2.80. The van der Waals surface area contributed by atoms with Crippen LogP contribution in [0.4, 0.5) is 0 Å². The van der Waals surface area contributed by atoms with Crippen molar-refractivity contribution in [3.05, 3.63) is 63.1 Å². The van der Waals surface area contributed by atoms with E-state index >= 15 is 0 Å². The van der Waals surface area contributed by atoms with Crippen molar-refractivity contribution >= 4 is 46.7 Å². The summed E-state index contributed by atoms with van der Waals surface area (Å²) in [5.41, 5.74) is 1.52. The minimum atomic E-state index is -0.727. The molecule has 34 heavy (non-hydrogen) atoms. The smallest absolute Gasteiger partial charge is 0.146 e. The molecule has 0 radical (unpaired) electrons. The van der Waals surface area contributed by atoms with Gasteiger partial charge in [-0.25, -0.2) is 0 Å². The molecule has 10 heteroatoms. The van der Waals surface area contributed by atoms with Gasteiger partial charge in [0.15, 0.2) is 0 Å². The lowest BCUT2D eigenvalue weighted by Gasteiger charge is -2.16. The number of rotatable bonds is 14. The van der Waals surface area contributed by atoms with Crippen LogP contribution in [0.3, 0.4) is 0 Å². The molecule has 0 aliphatic rings. The number of nitrogens with one attached hydrogen (secondary N) is 1. The summed E-state index contributed by atoms with van der Waals surface area (Å²) in [4.78, 5) is 4.65. The van der Waals surface area contributed by atoms with Gasteiger partial charge >= 0.3 is 0 Å². The van der Waals surface area contributed by atoms with Crippen LogP contribution in [0.2, 0.25) is 5.02 Å². The summed E-state index contributed by atoms with van der Waals surface area (Å²) in [6.07, 6.45) is 3.57. The number of hydrogen-bond acceptors (Lipinski definition) is 7. The van der Waals surface area contributed by atoms with Crippen molar-refractivity contribution < 1.29 is 24.2 Å². The third kappa shape index (κ3) is 9.43. The number of aliphatic hydroxyl groups is 1. The molecular formula is C24H27Cl3N2O5. The monoisotopic (exact) mass is 528 g/mol. The molecule has 7 nitrogen and oxygen atoms in total. The summed E-state index contributed by atoms with van der Waals surface area (Å²) < 4.78 is 16.7. The van der Waals surface area contributed by atoms with Crippen molar-refractivity contribution in [3.63, 3.8) is 0 Å². The maximum atomic E-state index is 10.4. The summed E-state index contributed by atoms with van der Waals surface area (Å²) >= 11 is 17.5. The van der Waals surface area contributed by atoms with E-state index in [2.05, 4.69) is 9.99 Å². The fourth-order valence-corrected chi connectivity index (χ4v) is 3.42. The number of methoxy groups -OCH3 is 1. The maximum absolute atomic E-state index is 10.4. The number of benzene rings is 2. The van der Waals surface area contributed by atoms with Gasteiger partial charge in [-0.3, -0.25) is 0 Å². The number of oxime groups is 1. The maximum Gasteiger partial charge on any atom is 0.146 e. The van der Waals surface area contributed by atoms with E-state index in [0.29, 0.717) is 41.5 Å². The van der Waals surface area contributed by atoms with Gasteiger partial charge < -0.3 is 29.6 Å². The van der Waals surface area contributed by atoms with Gasteiger partial charge in [-0.2, -0.15) is 0 Å². The summed E-state index contributed by atoms with van der Waals surface area (Å²) in [5, 5.41) is 22.9. The Morgan fingerprint density at radius 3 is 2.50 bits per heavy atom. The van der Waals surface area contributed by atoms with Crippen LogP contribution in [0.25, 0.3) is 0 Å². The molecule has 2 rings (SSSR count). The quantitative estimate of drug-likeness (QED) is 0.178. The highest BCUT2D eigenvalue weighted by atomic mass is 35.5. The van der Waals surface area contributed by atoms with Crippen molar-refractivity contribution in [1.82, 2.24) is 0 Å². The van der Waals surface area contributed by atoms with Gasteiger partial charge in [0.1, 0.15) is 35.5 Å². The van der Waals surface area contributed by atoms with Crippen LogP contribution in [0.1, 0.15) is 30.4 Å². The van der Waals surface area contributed by atoms with Gasteiger partial charge in [0.05, 0.1) is 31.1 Å². The van der Waals surface area contributed by atoms with E-state index in [1.165, 1.54) is 20.3 Å². The van der Waals surface area contributed by atoms with Crippen molar-refractivity contribution in [2.45, 2.75) is 25.4 Å². The summed E-state index contributed by atoms with van der Waals surface area (Å²) in [6, 6.07) is 10.6. The van der Waals surface area contributed by atoms with Gasteiger partial charge in [-0.05, 0) is 54.8 Å². The first-order valence-corrected chi connectivity index (χ1v) is 11.5. The average molecular weight is 530 g/mol. The molecule has 184 valence electrons. The lowest BCUT2D eigenvalue weighted by atomic mass is 10.0. The predicted octanol–water partition coefficient (Wildman–Crippen LogP) is 6.00. The van der Waals surface area contributed by atoms with Crippen molar-refractivity contribution in [3.8, 4) is 17.2 Å². The molecule has 2 aromatic carbocycles. The van der Waals surface area contributed by atoms with E-state index in [9.17, 15) is 5.11 Å². The second-order valence-electron chi connectivity index (χ2n) is 7.10. The molecule has 1 unspecified atom stereocenters. The first kappa shape index (κ1) is 27.8. The Morgan fingerprint density at radius 2 is 1.85 bits per heavy atom. The molecule has 2 N–H and O–H groups in total. The summed E-state index contributed by atoms with van der Waals surface area (Å²) in [5.74, 6) is 1.50.